The molecule has 0 unspecified atom stereocenters. The smallest absolute Gasteiger partial charge is 0.338 e. The summed E-state index contributed by atoms with van der Waals surface area (Å²) in [4.78, 5) is 22.7. The van der Waals surface area contributed by atoms with E-state index in [-0.39, 0.29) is 31.9 Å². The van der Waals surface area contributed by atoms with Crippen LogP contribution < -0.4 is 5.32 Å². The number of nitrogens with zero attached hydrogens (tertiary/aromatic N) is 1. The molecule has 0 spiro atoms. The first-order valence-electron chi connectivity index (χ1n) is 7.67. The average molecular weight is 374 g/mol. The number of rotatable bonds is 6. The van der Waals surface area contributed by atoms with Gasteiger partial charge in [0, 0.05) is 19.6 Å². The molecule has 25 heavy (non-hydrogen) atoms. The van der Waals surface area contributed by atoms with Gasteiger partial charge in [-0.05, 0) is 25.1 Å². The second-order valence-corrected chi connectivity index (χ2v) is 7.10. The van der Waals surface area contributed by atoms with E-state index in [2.05, 4.69) is 5.32 Å². The van der Waals surface area contributed by atoms with Gasteiger partial charge in [0.25, 0.3) is 5.91 Å². The lowest BCUT2D eigenvalue weighted by atomic mass is 10.2. The fourth-order valence-corrected chi connectivity index (χ4v) is 3.72. The van der Waals surface area contributed by atoms with E-state index in [0.29, 0.717) is 6.54 Å². The molecule has 8 nitrogen and oxygen atoms in total. The fourth-order valence-electron chi connectivity index (χ4n) is 2.22. The third-order valence-electron chi connectivity index (χ3n) is 3.46. The number of hydrogen-bond donors (Lipinski definition) is 1. The first kappa shape index (κ1) is 19.3. The lowest BCUT2D eigenvalue weighted by Crippen LogP contribution is -2.41. The molecule has 138 valence electrons. The van der Waals surface area contributed by atoms with Gasteiger partial charge in [0.05, 0.1) is 18.8 Å². The summed E-state index contributed by atoms with van der Waals surface area (Å²) in [6.07, 6.45) is 0. The maximum absolute atomic E-state index is 14.0. The Hall–Kier alpha value is -2.04. The van der Waals surface area contributed by atoms with Crippen molar-refractivity contribution in [1.29, 1.82) is 0 Å². The van der Waals surface area contributed by atoms with Gasteiger partial charge in [-0.3, -0.25) is 4.79 Å². The lowest BCUT2D eigenvalue weighted by molar-refractivity contribution is -0.124. The number of benzene rings is 1. The Labute approximate surface area is 144 Å². The van der Waals surface area contributed by atoms with Crippen LogP contribution >= 0.6 is 0 Å². The van der Waals surface area contributed by atoms with Crippen LogP contribution in [0.5, 0.6) is 0 Å². The molecule has 1 aromatic rings. The third kappa shape index (κ3) is 4.74. The molecule has 1 heterocycles. The minimum Gasteiger partial charge on any atom is -0.452 e. The molecule has 0 aliphatic carbocycles. The van der Waals surface area contributed by atoms with Crippen LogP contribution in [-0.2, 0) is 24.3 Å². The number of likely N-dealkylation sites (N-methyl/N-ethyl adjacent to an activating group) is 1. The molecule has 0 saturated carbocycles. The summed E-state index contributed by atoms with van der Waals surface area (Å²) in [7, 11) is -4.10. The summed E-state index contributed by atoms with van der Waals surface area (Å²) in [5.41, 5.74) is -0.155. The Morgan fingerprint density at radius 2 is 2.00 bits per heavy atom. The van der Waals surface area contributed by atoms with E-state index in [0.717, 1.165) is 22.5 Å². The maximum Gasteiger partial charge on any atom is 0.338 e. The summed E-state index contributed by atoms with van der Waals surface area (Å²) in [6, 6.07) is 2.91. The number of carbonyl (C=O) groups excluding carboxylic acids is 2. The highest BCUT2D eigenvalue weighted by Crippen LogP contribution is 2.22. The molecule has 1 aromatic carbocycles. The zero-order valence-electron chi connectivity index (χ0n) is 13.7. The van der Waals surface area contributed by atoms with Gasteiger partial charge in [-0.25, -0.2) is 17.6 Å². The number of sulfonamides is 1. The van der Waals surface area contributed by atoms with Gasteiger partial charge >= 0.3 is 5.97 Å². The molecule has 1 fully saturated rings. The number of morpholine rings is 1. The fraction of sp³-hybridized carbons (Fsp3) is 0.467. The molecule has 2 rings (SSSR count). The molecule has 1 saturated heterocycles. The molecule has 1 amide bonds. The van der Waals surface area contributed by atoms with Crippen LogP contribution in [0.3, 0.4) is 0 Å². The van der Waals surface area contributed by atoms with E-state index < -0.39 is 39.2 Å². The van der Waals surface area contributed by atoms with Crippen molar-refractivity contribution in [2.24, 2.45) is 0 Å². The monoisotopic (exact) mass is 374 g/mol. The third-order valence-corrected chi connectivity index (χ3v) is 5.38. The van der Waals surface area contributed by atoms with E-state index in [1.165, 1.54) is 0 Å². The van der Waals surface area contributed by atoms with Crippen LogP contribution in [0.1, 0.15) is 17.3 Å². The standard InChI is InChI=1S/C15H19FN2O6S/c1-2-17-14(19)10-24-15(20)11-3-4-12(16)13(9-11)25(21,22)18-5-7-23-8-6-18/h3-4,9H,2,5-8,10H2,1H3,(H,17,19). The number of carbonyl (C=O) groups is 2. The Bertz CT molecular complexity index is 746. The lowest BCUT2D eigenvalue weighted by Gasteiger charge is -2.26. The van der Waals surface area contributed by atoms with Crippen molar-refractivity contribution in [2.75, 3.05) is 39.5 Å². The molecular formula is C15H19FN2O6S. The topological polar surface area (TPSA) is 102 Å². The molecule has 0 atom stereocenters. The highest BCUT2D eigenvalue weighted by Gasteiger charge is 2.30. The van der Waals surface area contributed by atoms with Crippen molar-refractivity contribution in [3.8, 4) is 0 Å². The van der Waals surface area contributed by atoms with Crippen LogP contribution in [0.25, 0.3) is 0 Å². The van der Waals surface area contributed by atoms with Crippen molar-refractivity contribution < 1.29 is 31.9 Å². The van der Waals surface area contributed by atoms with Gasteiger partial charge < -0.3 is 14.8 Å². The first-order chi connectivity index (χ1) is 11.9. The molecule has 0 aromatic heterocycles. The van der Waals surface area contributed by atoms with Gasteiger partial charge in [-0.2, -0.15) is 4.31 Å². The number of esters is 1. The van der Waals surface area contributed by atoms with E-state index in [9.17, 15) is 22.4 Å². The Balaban J connectivity index is 2.19. The summed E-state index contributed by atoms with van der Waals surface area (Å²) in [6.45, 7) is 2.23. The molecule has 0 radical (unpaired) electrons. The number of ether oxygens (including phenoxy) is 2. The SMILES string of the molecule is CCNC(=O)COC(=O)c1ccc(F)c(S(=O)(=O)N2CCOCC2)c1. The normalized spacial score (nSPS) is 15.6. The van der Waals surface area contributed by atoms with Crippen molar-refractivity contribution >= 4 is 21.9 Å². The van der Waals surface area contributed by atoms with Crippen LogP contribution in [0.2, 0.25) is 0 Å². The van der Waals surface area contributed by atoms with E-state index >= 15 is 0 Å². The zero-order chi connectivity index (χ0) is 18.4. The summed E-state index contributed by atoms with van der Waals surface area (Å²) < 4.78 is 50.1. The first-order valence-corrected chi connectivity index (χ1v) is 9.11. The highest BCUT2D eigenvalue weighted by atomic mass is 32.2. The van der Waals surface area contributed by atoms with Gasteiger partial charge in [0.1, 0.15) is 10.7 Å². The number of hydrogen-bond acceptors (Lipinski definition) is 6. The Morgan fingerprint density at radius 1 is 1.32 bits per heavy atom. The average Bonchev–Trinajstić information content (AvgIpc) is 2.61. The molecule has 0 bridgehead atoms. The number of amides is 1. The van der Waals surface area contributed by atoms with Crippen LogP contribution in [0.15, 0.2) is 23.1 Å². The Morgan fingerprint density at radius 3 is 2.64 bits per heavy atom. The highest BCUT2D eigenvalue weighted by molar-refractivity contribution is 7.89. The maximum atomic E-state index is 14.0. The van der Waals surface area contributed by atoms with Crippen LogP contribution in [-0.4, -0.2) is 64.1 Å². The second-order valence-electron chi connectivity index (χ2n) is 5.19. The second kappa shape index (κ2) is 8.37. The van der Waals surface area contributed by atoms with E-state index in [1.54, 1.807) is 6.92 Å². The zero-order valence-corrected chi connectivity index (χ0v) is 14.5. The van der Waals surface area contributed by atoms with Gasteiger partial charge in [-0.15, -0.1) is 0 Å². The summed E-state index contributed by atoms with van der Waals surface area (Å²) >= 11 is 0. The van der Waals surface area contributed by atoms with Crippen molar-refractivity contribution in [1.82, 2.24) is 9.62 Å². The molecule has 10 heteroatoms. The van der Waals surface area contributed by atoms with Crippen molar-refractivity contribution in [3.05, 3.63) is 29.6 Å². The minimum atomic E-state index is -4.10. The van der Waals surface area contributed by atoms with Crippen LogP contribution in [0.4, 0.5) is 4.39 Å². The van der Waals surface area contributed by atoms with E-state index in [1.807, 2.05) is 0 Å². The molecule has 1 aliphatic rings. The summed E-state index contributed by atoms with van der Waals surface area (Å²) in [5, 5.41) is 2.45. The largest absolute Gasteiger partial charge is 0.452 e. The predicted octanol–water partition coefficient (Wildman–Crippen LogP) is 0.140. The quantitative estimate of drug-likeness (QED) is 0.711. The van der Waals surface area contributed by atoms with Gasteiger partial charge in [-0.1, -0.05) is 0 Å². The van der Waals surface area contributed by atoms with Gasteiger partial charge in [0.2, 0.25) is 10.0 Å². The number of nitrogens with one attached hydrogen (secondary N) is 1. The van der Waals surface area contributed by atoms with Gasteiger partial charge in [0.15, 0.2) is 6.61 Å². The van der Waals surface area contributed by atoms with Crippen molar-refractivity contribution in [3.63, 3.8) is 0 Å². The molecule has 1 aliphatic heterocycles. The number of halogens is 1. The predicted molar refractivity (Wildman–Crippen MR) is 84.9 cm³/mol. The Kier molecular flexibility index (Phi) is 6.45. The summed E-state index contributed by atoms with van der Waals surface area (Å²) in [5.74, 6) is -2.37. The van der Waals surface area contributed by atoms with Crippen LogP contribution in [0, 0.1) is 5.82 Å². The molecule has 1 N–H and O–H groups in total. The van der Waals surface area contributed by atoms with E-state index in [4.69, 9.17) is 9.47 Å². The minimum absolute atomic E-state index is 0.105. The molecular weight excluding hydrogens is 355 g/mol. The van der Waals surface area contributed by atoms with Crippen molar-refractivity contribution in [2.45, 2.75) is 11.8 Å².